The predicted octanol–water partition coefficient (Wildman–Crippen LogP) is 7.53. The van der Waals surface area contributed by atoms with Gasteiger partial charge in [-0.25, -0.2) is 0 Å². The number of carbonyl (C=O) groups excluding carboxylic acids is 1. The summed E-state index contributed by atoms with van der Waals surface area (Å²) in [6, 6.07) is 0. The van der Waals surface area contributed by atoms with E-state index in [1.54, 1.807) is 0 Å². The van der Waals surface area contributed by atoms with Crippen molar-refractivity contribution in [2.24, 2.45) is 0 Å². The molecule has 146 valence electrons. The molecule has 0 aromatic rings. The largest absolute Gasteiger partial charge is 0.469 e. The first-order valence-corrected chi connectivity index (χ1v) is 10.7. The van der Waals surface area contributed by atoms with Crippen molar-refractivity contribution in [3.8, 4) is 0 Å². The number of hydrogen-bond donors (Lipinski definition) is 0. The molecule has 0 aromatic carbocycles. The van der Waals surface area contributed by atoms with Gasteiger partial charge < -0.3 is 4.74 Å². The van der Waals surface area contributed by atoms with Gasteiger partial charge in [-0.2, -0.15) is 0 Å². The van der Waals surface area contributed by atoms with Crippen LogP contribution in [0.25, 0.3) is 0 Å². The van der Waals surface area contributed by atoms with Crippen LogP contribution in [0.3, 0.4) is 0 Å². The third-order valence-corrected chi connectivity index (χ3v) is 4.56. The lowest BCUT2D eigenvalue weighted by atomic mass is 10.1. The molecule has 2 nitrogen and oxygen atoms in total. The monoisotopic (exact) mass is 350 g/mol. The minimum atomic E-state index is -0.0722. The van der Waals surface area contributed by atoms with E-state index < -0.39 is 0 Å². The highest BCUT2D eigenvalue weighted by atomic mass is 16.5. The van der Waals surface area contributed by atoms with Crippen molar-refractivity contribution in [3.05, 3.63) is 24.3 Å². The minimum absolute atomic E-state index is 0.0722. The molecule has 0 unspecified atom stereocenters. The lowest BCUT2D eigenvalue weighted by molar-refractivity contribution is -0.140. The highest BCUT2D eigenvalue weighted by molar-refractivity contribution is 5.68. The van der Waals surface area contributed by atoms with Gasteiger partial charge in [0.25, 0.3) is 0 Å². The Morgan fingerprint density at radius 3 is 1.68 bits per heavy atom. The van der Waals surface area contributed by atoms with E-state index in [4.69, 9.17) is 0 Å². The molecule has 0 rings (SSSR count). The topological polar surface area (TPSA) is 26.3 Å². The van der Waals surface area contributed by atoms with Crippen LogP contribution in [0.5, 0.6) is 0 Å². The van der Waals surface area contributed by atoms with Crippen LogP contribution in [-0.4, -0.2) is 13.1 Å². The maximum Gasteiger partial charge on any atom is 0.305 e. The first-order chi connectivity index (χ1) is 12.3. The maximum atomic E-state index is 11.0. The second-order valence-electron chi connectivity index (χ2n) is 6.97. The van der Waals surface area contributed by atoms with Crippen LogP contribution in [0.2, 0.25) is 0 Å². The fourth-order valence-electron chi connectivity index (χ4n) is 2.89. The van der Waals surface area contributed by atoms with E-state index in [1.165, 1.54) is 84.2 Å². The zero-order valence-electron chi connectivity index (χ0n) is 16.9. The van der Waals surface area contributed by atoms with Gasteiger partial charge in [0.1, 0.15) is 0 Å². The summed E-state index contributed by atoms with van der Waals surface area (Å²) in [4.78, 5) is 11.0. The first kappa shape index (κ1) is 23.9. The highest BCUT2D eigenvalue weighted by Crippen LogP contribution is 2.11. The molecule has 0 heterocycles. The molecule has 0 radical (unpaired) electrons. The van der Waals surface area contributed by atoms with Gasteiger partial charge in [0.15, 0.2) is 0 Å². The molecular weight excluding hydrogens is 308 g/mol. The first-order valence-electron chi connectivity index (χ1n) is 10.7. The Morgan fingerprint density at radius 2 is 1.16 bits per heavy atom. The SMILES string of the molecule is CCCCC/C=C/C/C=C/CCCCCCCCCCCC(=O)OC. The van der Waals surface area contributed by atoms with Crippen molar-refractivity contribution >= 4 is 5.97 Å². The summed E-state index contributed by atoms with van der Waals surface area (Å²) < 4.78 is 4.64. The van der Waals surface area contributed by atoms with Crippen LogP contribution in [0.1, 0.15) is 110 Å². The molecule has 0 atom stereocenters. The van der Waals surface area contributed by atoms with Gasteiger partial charge in [-0.3, -0.25) is 4.79 Å². The molecule has 0 saturated carbocycles. The summed E-state index contributed by atoms with van der Waals surface area (Å²) in [5.41, 5.74) is 0. The van der Waals surface area contributed by atoms with Crippen molar-refractivity contribution in [1.29, 1.82) is 0 Å². The average Bonchev–Trinajstić information content (AvgIpc) is 2.63. The zero-order chi connectivity index (χ0) is 18.4. The van der Waals surface area contributed by atoms with Gasteiger partial charge in [0.05, 0.1) is 7.11 Å². The van der Waals surface area contributed by atoms with E-state index in [1.807, 2.05) is 0 Å². The van der Waals surface area contributed by atoms with Crippen LogP contribution in [0.4, 0.5) is 0 Å². The number of hydrogen-bond acceptors (Lipinski definition) is 2. The molecule has 2 heteroatoms. The Bertz CT molecular complexity index is 331. The Morgan fingerprint density at radius 1 is 0.680 bits per heavy atom. The second kappa shape index (κ2) is 21.0. The molecule has 0 aliphatic rings. The number of rotatable bonds is 18. The maximum absolute atomic E-state index is 11.0. The molecule has 0 fully saturated rings. The number of methoxy groups -OCH3 is 1. The van der Waals surface area contributed by atoms with Gasteiger partial charge in [-0.15, -0.1) is 0 Å². The van der Waals surface area contributed by atoms with Gasteiger partial charge in [-0.05, 0) is 38.5 Å². The summed E-state index contributed by atoms with van der Waals surface area (Å²) in [6.07, 6.45) is 28.9. The Hall–Kier alpha value is -1.05. The summed E-state index contributed by atoms with van der Waals surface area (Å²) in [7, 11) is 1.46. The van der Waals surface area contributed by atoms with Crippen LogP contribution in [0.15, 0.2) is 24.3 Å². The molecule has 0 saturated heterocycles. The van der Waals surface area contributed by atoms with E-state index in [-0.39, 0.29) is 5.97 Å². The van der Waals surface area contributed by atoms with Gasteiger partial charge in [0, 0.05) is 6.42 Å². The van der Waals surface area contributed by atoms with Crippen molar-refractivity contribution in [1.82, 2.24) is 0 Å². The van der Waals surface area contributed by atoms with E-state index in [2.05, 4.69) is 36.0 Å². The van der Waals surface area contributed by atoms with Crippen molar-refractivity contribution in [2.75, 3.05) is 7.11 Å². The minimum Gasteiger partial charge on any atom is -0.469 e. The fraction of sp³-hybridized carbons (Fsp3) is 0.783. The Kier molecular flexibility index (Phi) is 20.1. The number of carbonyl (C=O) groups is 1. The van der Waals surface area contributed by atoms with E-state index in [9.17, 15) is 4.79 Å². The number of esters is 1. The third-order valence-electron chi connectivity index (χ3n) is 4.56. The quantitative estimate of drug-likeness (QED) is 0.145. The number of ether oxygens (including phenoxy) is 1. The molecular formula is C23H42O2. The van der Waals surface area contributed by atoms with Crippen LogP contribution >= 0.6 is 0 Å². The fourth-order valence-corrected chi connectivity index (χ4v) is 2.89. The molecule has 0 amide bonds. The predicted molar refractivity (Wildman–Crippen MR) is 110 cm³/mol. The molecule has 0 aliphatic heterocycles. The van der Waals surface area contributed by atoms with Crippen LogP contribution in [-0.2, 0) is 9.53 Å². The van der Waals surface area contributed by atoms with Crippen molar-refractivity contribution in [2.45, 2.75) is 110 Å². The lowest BCUT2D eigenvalue weighted by Crippen LogP contribution is -1.99. The summed E-state index contributed by atoms with van der Waals surface area (Å²) in [5, 5.41) is 0. The highest BCUT2D eigenvalue weighted by Gasteiger charge is 1.98. The lowest BCUT2D eigenvalue weighted by Gasteiger charge is -2.02. The summed E-state index contributed by atoms with van der Waals surface area (Å²) >= 11 is 0. The smallest absolute Gasteiger partial charge is 0.305 e. The third kappa shape index (κ3) is 20.9. The van der Waals surface area contributed by atoms with Crippen LogP contribution < -0.4 is 0 Å². The van der Waals surface area contributed by atoms with Crippen LogP contribution in [0, 0.1) is 0 Å². The number of unbranched alkanes of at least 4 members (excludes halogenated alkanes) is 12. The Balaban J connectivity index is 3.15. The molecule has 0 N–H and O–H groups in total. The molecule has 0 aliphatic carbocycles. The van der Waals surface area contributed by atoms with Gasteiger partial charge >= 0.3 is 5.97 Å². The van der Waals surface area contributed by atoms with E-state index in [0.717, 1.165) is 19.3 Å². The molecule has 0 bridgehead atoms. The molecule has 25 heavy (non-hydrogen) atoms. The normalized spacial score (nSPS) is 11.6. The average molecular weight is 351 g/mol. The number of allylic oxidation sites excluding steroid dienone is 4. The second-order valence-corrected chi connectivity index (χ2v) is 6.97. The summed E-state index contributed by atoms with van der Waals surface area (Å²) in [6.45, 7) is 2.25. The Labute approximate surface area is 157 Å². The molecule has 0 spiro atoms. The van der Waals surface area contributed by atoms with Gasteiger partial charge in [-0.1, -0.05) is 89.0 Å². The standard InChI is InChI=1S/C23H42O2/c1-3-4-5-6-7-8-9-10-11-12-13-14-15-16-17-18-19-20-21-22-23(24)25-2/h7-8,10-11H,3-6,9,12-22H2,1-2H3/b8-7+,11-10+. The molecule has 0 aromatic heterocycles. The van der Waals surface area contributed by atoms with E-state index in [0.29, 0.717) is 6.42 Å². The van der Waals surface area contributed by atoms with Gasteiger partial charge in [0.2, 0.25) is 0 Å². The van der Waals surface area contributed by atoms with Crippen molar-refractivity contribution < 1.29 is 9.53 Å². The zero-order valence-corrected chi connectivity index (χ0v) is 16.9. The van der Waals surface area contributed by atoms with Crippen molar-refractivity contribution in [3.63, 3.8) is 0 Å². The summed E-state index contributed by atoms with van der Waals surface area (Å²) in [5.74, 6) is -0.0722. The van der Waals surface area contributed by atoms with E-state index >= 15 is 0 Å².